The Hall–Kier alpha value is -1.40. The van der Waals surface area contributed by atoms with Gasteiger partial charge in [0.25, 0.3) is 0 Å². The minimum atomic E-state index is -3.40. The maximum atomic E-state index is 12.5. The molecule has 1 atom stereocenters. The van der Waals surface area contributed by atoms with Gasteiger partial charge in [0.15, 0.2) is 0 Å². The van der Waals surface area contributed by atoms with E-state index in [9.17, 15) is 8.42 Å². The third-order valence-electron chi connectivity index (χ3n) is 4.25. The highest BCUT2D eigenvalue weighted by molar-refractivity contribution is 7.89. The molecule has 4 nitrogen and oxygen atoms in total. The lowest BCUT2D eigenvalue weighted by molar-refractivity contribution is 0.445. The monoisotopic (exact) mass is 380 g/mol. The van der Waals surface area contributed by atoms with E-state index in [0.717, 1.165) is 22.7 Å². The standard InChI is InChI=1S/C19H25ClN2O2S/c1-4-22(5-2)25(23,24)19-12-8-17(9-13-19)15(3)21-14-16-6-10-18(20)11-7-16/h6-13,15,21H,4-5,14H2,1-3H3/t15-/m0/s1. The third kappa shape index (κ3) is 5.05. The number of rotatable bonds is 8. The molecular formula is C19H25ClN2O2S. The van der Waals surface area contributed by atoms with Crippen LogP contribution in [0.5, 0.6) is 0 Å². The predicted octanol–water partition coefficient (Wildman–Crippen LogP) is 4.22. The van der Waals surface area contributed by atoms with E-state index in [-0.39, 0.29) is 6.04 Å². The Kier molecular flexibility index (Phi) is 7.02. The largest absolute Gasteiger partial charge is 0.306 e. The SMILES string of the molecule is CCN(CC)S(=O)(=O)c1ccc([C@H](C)NCc2ccc(Cl)cc2)cc1. The summed E-state index contributed by atoms with van der Waals surface area (Å²) in [6, 6.07) is 14.9. The number of hydrogen-bond acceptors (Lipinski definition) is 3. The van der Waals surface area contributed by atoms with Gasteiger partial charge in [-0.15, -0.1) is 0 Å². The molecule has 0 radical (unpaired) electrons. The molecule has 2 aromatic rings. The van der Waals surface area contributed by atoms with Crippen LogP contribution in [-0.2, 0) is 16.6 Å². The first-order valence-electron chi connectivity index (χ1n) is 8.46. The first-order chi connectivity index (χ1) is 11.9. The Balaban J connectivity index is 2.04. The lowest BCUT2D eigenvalue weighted by atomic mass is 10.1. The number of nitrogens with one attached hydrogen (secondary N) is 1. The van der Waals surface area contributed by atoms with Gasteiger partial charge in [0.2, 0.25) is 10.0 Å². The van der Waals surface area contributed by atoms with E-state index in [1.165, 1.54) is 4.31 Å². The van der Waals surface area contributed by atoms with Crippen LogP contribution < -0.4 is 5.32 Å². The highest BCUT2D eigenvalue weighted by atomic mass is 35.5. The highest BCUT2D eigenvalue weighted by Gasteiger charge is 2.21. The van der Waals surface area contributed by atoms with Crippen molar-refractivity contribution < 1.29 is 8.42 Å². The second kappa shape index (κ2) is 8.81. The van der Waals surface area contributed by atoms with Crippen molar-refractivity contribution in [2.75, 3.05) is 13.1 Å². The number of halogens is 1. The molecule has 136 valence electrons. The topological polar surface area (TPSA) is 49.4 Å². The molecule has 2 aromatic carbocycles. The number of hydrogen-bond donors (Lipinski definition) is 1. The summed E-state index contributed by atoms with van der Waals surface area (Å²) < 4.78 is 26.5. The van der Waals surface area contributed by atoms with Gasteiger partial charge in [-0.2, -0.15) is 4.31 Å². The van der Waals surface area contributed by atoms with Gasteiger partial charge in [-0.3, -0.25) is 0 Å². The summed E-state index contributed by atoms with van der Waals surface area (Å²) >= 11 is 5.89. The van der Waals surface area contributed by atoms with Crippen LogP contribution in [0.15, 0.2) is 53.4 Å². The van der Waals surface area contributed by atoms with E-state index in [0.29, 0.717) is 18.0 Å². The van der Waals surface area contributed by atoms with Gasteiger partial charge < -0.3 is 5.32 Å². The number of sulfonamides is 1. The smallest absolute Gasteiger partial charge is 0.243 e. The van der Waals surface area contributed by atoms with E-state index in [2.05, 4.69) is 12.2 Å². The van der Waals surface area contributed by atoms with E-state index in [1.54, 1.807) is 12.1 Å². The van der Waals surface area contributed by atoms with Crippen molar-refractivity contribution in [3.05, 3.63) is 64.7 Å². The van der Waals surface area contributed by atoms with Gasteiger partial charge in [0.1, 0.15) is 0 Å². The van der Waals surface area contributed by atoms with E-state index >= 15 is 0 Å². The zero-order valence-corrected chi connectivity index (χ0v) is 16.4. The van der Waals surface area contributed by atoms with Crippen molar-refractivity contribution in [2.24, 2.45) is 0 Å². The van der Waals surface area contributed by atoms with Crippen LogP contribution in [0.2, 0.25) is 5.02 Å². The van der Waals surface area contributed by atoms with E-state index in [4.69, 9.17) is 11.6 Å². The van der Waals surface area contributed by atoms with Gasteiger partial charge >= 0.3 is 0 Å². The molecule has 0 saturated heterocycles. The Bertz CT molecular complexity index is 770. The summed E-state index contributed by atoms with van der Waals surface area (Å²) in [5.41, 5.74) is 2.20. The van der Waals surface area contributed by atoms with Crippen LogP contribution in [0.25, 0.3) is 0 Å². The Labute approximate surface area is 155 Å². The zero-order chi connectivity index (χ0) is 18.4. The van der Waals surface area contributed by atoms with Crippen LogP contribution in [-0.4, -0.2) is 25.8 Å². The maximum absolute atomic E-state index is 12.5. The average Bonchev–Trinajstić information content (AvgIpc) is 2.62. The van der Waals surface area contributed by atoms with E-state index in [1.807, 2.05) is 50.2 Å². The lowest BCUT2D eigenvalue weighted by Gasteiger charge is -2.19. The minimum Gasteiger partial charge on any atom is -0.306 e. The van der Waals surface area contributed by atoms with Crippen LogP contribution in [0.4, 0.5) is 0 Å². The first kappa shape index (κ1) is 19.9. The molecule has 1 N–H and O–H groups in total. The molecule has 0 spiro atoms. The molecule has 0 saturated carbocycles. The second-order valence-electron chi connectivity index (χ2n) is 5.89. The summed E-state index contributed by atoms with van der Waals surface area (Å²) in [5.74, 6) is 0. The summed E-state index contributed by atoms with van der Waals surface area (Å²) in [6.45, 7) is 7.41. The Morgan fingerprint density at radius 1 is 1.00 bits per heavy atom. The normalized spacial score (nSPS) is 13.2. The molecule has 25 heavy (non-hydrogen) atoms. The van der Waals surface area contributed by atoms with E-state index < -0.39 is 10.0 Å². The lowest BCUT2D eigenvalue weighted by Crippen LogP contribution is -2.30. The molecule has 6 heteroatoms. The van der Waals surface area contributed by atoms with Crippen LogP contribution in [0, 0.1) is 0 Å². The molecule has 0 aliphatic heterocycles. The van der Waals surface area contributed by atoms with Gasteiger partial charge in [0, 0.05) is 30.7 Å². The summed E-state index contributed by atoms with van der Waals surface area (Å²) in [4.78, 5) is 0.338. The average molecular weight is 381 g/mol. The molecule has 0 aliphatic carbocycles. The molecule has 0 amide bonds. The van der Waals surface area contributed by atoms with Crippen molar-refractivity contribution in [1.82, 2.24) is 9.62 Å². The molecule has 0 bridgehead atoms. The number of nitrogens with zero attached hydrogens (tertiary/aromatic N) is 1. The highest BCUT2D eigenvalue weighted by Crippen LogP contribution is 2.20. The fraction of sp³-hybridized carbons (Fsp3) is 0.368. The second-order valence-corrected chi connectivity index (χ2v) is 8.26. The van der Waals surface area contributed by atoms with Crippen LogP contribution in [0.3, 0.4) is 0 Å². The van der Waals surface area contributed by atoms with Crippen molar-refractivity contribution in [2.45, 2.75) is 38.3 Å². The van der Waals surface area contributed by atoms with Crippen LogP contribution >= 0.6 is 11.6 Å². The first-order valence-corrected chi connectivity index (χ1v) is 10.3. The van der Waals surface area contributed by atoms with Gasteiger partial charge in [-0.1, -0.05) is 49.7 Å². The molecule has 2 rings (SSSR count). The Morgan fingerprint density at radius 2 is 1.56 bits per heavy atom. The summed E-state index contributed by atoms with van der Waals surface area (Å²) in [6.07, 6.45) is 0. The zero-order valence-electron chi connectivity index (χ0n) is 14.9. The molecule has 0 aliphatic rings. The fourth-order valence-electron chi connectivity index (χ4n) is 2.63. The van der Waals surface area contributed by atoms with Gasteiger partial charge in [-0.25, -0.2) is 8.42 Å². The number of benzene rings is 2. The molecule has 0 aromatic heterocycles. The van der Waals surface area contributed by atoms with Crippen LogP contribution in [0.1, 0.15) is 37.9 Å². The van der Waals surface area contributed by atoms with Crippen molar-refractivity contribution in [3.8, 4) is 0 Å². The molecule has 0 fully saturated rings. The third-order valence-corrected chi connectivity index (χ3v) is 6.57. The molecule has 0 unspecified atom stereocenters. The van der Waals surface area contributed by atoms with Crippen molar-refractivity contribution in [1.29, 1.82) is 0 Å². The predicted molar refractivity (Wildman–Crippen MR) is 103 cm³/mol. The minimum absolute atomic E-state index is 0.112. The Morgan fingerprint density at radius 3 is 2.08 bits per heavy atom. The summed E-state index contributed by atoms with van der Waals surface area (Å²) in [7, 11) is -3.40. The molecular weight excluding hydrogens is 356 g/mol. The van der Waals surface area contributed by atoms with Crippen molar-refractivity contribution >= 4 is 21.6 Å². The summed E-state index contributed by atoms with van der Waals surface area (Å²) in [5, 5.41) is 4.16. The van der Waals surface area contributed by atoms with Gasteiger partial charge in [0.05, 0.1) is 4.90 Å². The molecule has 0 heterocycles. The van der Waals surface area contributed by atoms with Gasteiger partial charge in [-0.05, 0) is 42.3 Å². The fourth-order valence-corrected chi connectivity index (χ4v) is 4.22. The van der Waals surface area contributed by atoms with Crippen molar-refractivity contribution in [3.63, 3.8) is 0 Å². The maximum Gasteiger partial charge on any atom is 0.243 e. The quantitative estimate of drug-likeness (QED) is 0.745.